The summed E-state index contributed by atoms with van der Waals surface area (Å²) >= 11 is 1.63. The van der Waals surface area contributed by atoms with Crippen LogP contribution in [0.15, 0.2) is 24.3 Å². The fourth-order valence-electron chi connectivity index (χ4n) is 3.55. The highest BCUT2D eigenvalue weighted by Gasteiger charge is 2.28. The van der Waals surface area contributed by atoms with Crippen LogP contribution in [0.4, 0.5) is 5.69 Å². The Balaban J connectivity index is 1.57. The van der Waals surface area contributed by atoms with E-state index in [0.29, 0.717) is 11.5 Å². The normalized spacial score (nSPS) is 14.2. The topological polar surface area (TPSA) is 72.7 Å². The molecule has 0 saturated heterocycles. The Morgan fingerprint density at radius 2 is 2.04 bits per heavy atom. The molecule has 0 bridgehead atoms. The van der Waals surface area contributed by atoms with Crippen molar-refractivity contribution in [1.29, 1.82) is 0 Å². The Labute approximate surface area is 160 Å². The van der Waals surface area contributed by atoms with Crippen LogP contribution in [0.3, 0.4) is 0 Å². The number of amides is 1. The fourth-order valence-corrected chi connectivity index (χ4v) is 4.41. The first kappa shape index (κ1) is 16.4. The van der Waals surface area contributed by atoms with Gasteiger partial charge in [-0.3, -0.25) is 9.48 Å². The first-order valence-electron chi connectivity index (χ1n) is 9.02. The highest BCUT2D eigenvalue weighted by Crippen LogP contribution is 2.40. The molecule has 1 aliphatic carbocycles. The summed E-state index contributed by atoms with van der Waals surface area (Å²) in [5.74, 6) is 0.341. The molecule has 1 amide bonds. The van der Waals surface area contributed by atoms with E-state index in [2.05, 4.69) is 15.4 Å². The number of anilines is 1. The summed E-state index contributed by atoms with van der Waals surface area (Å²) in [7, 11) is 1.88. The number of rotatable bonds is 3. The average molecular weight is 377 g/mol. The van der Waals surface area contributed by atoms with Crippen molar-refractivity contribution >= 4 is 44.2 Å². The van der Waals surface area contributed by atoms with Crippen molar-refractivity contribution < 1.29 is 4.79 Å². The molecule has 1 saturated carbocycles. The van der Waals surface area contributed by atoms with Gasteiger partial charge in [0.05, 0.1) is 31.9 Å². The molecule has 1 aromatic carbocycles. The van der Waals surface area contributed by atoms with Crippen LogP contribution in [0.25, 0.3) is 21.3 Å². The van der Waals surface area contributed by atoms with Gasteiger partial charge in [0, 0.05) is 24.3 Å². The summed E-state index contributed by atoms with van der Waals surface area (Å²) in [5.41, 5.74) is 4.96. The summed E-state index contributed by atoms with van der Waals surface area (Å²) in [4.78, 5) is 22.4. The second kappa shape index (κ2) is 5.85. The third-order valence-electron chi connectivity index (χ3n) is 4.98. The Kier molecular flexibility index (Phi) is 3.55. The number of pyridine rings is 1. The molecule has 3 heterocycles. The van der Waals surface area contributed by atoms with Crippen molar-refractivity contribution in [2.75, 3.05) is 5.32 Å². The van der Waals surface area contributed by atoms with E-state index in [-0.39, 0.29) is 5.91 Å². The molecule has 0 spiro atoms. The predicted molar refractivity (Wildman–Crippen MR) is 108 cm³/mol. The molecule has 0 aliphatic heterocycles. The number of carbonyl (C=O) groups excluding carboxylic acids is 1. The maximum absolute atomic E-state index is 13.1. The van der Waals surface area contributed by atoms with Crippen molar-refractivity contribution in [3.05, 3.63) is 46.2 Å². The van der Waals surface area contributed by atoms with Gasteiger partial charge >= 0.3 is 0 Å². The molecule has 0 unspecified atom stereocenters. The molecule has 136 valence electrons. The summed E-state index contributed by atoms with van der Waals surface area (Å²) in [5, 5.41) is 9.37. The van der Waals surface area contributed by atoms with Gasteiger partial charge in [0.2, 0.25) is 0 Å². The van der Waals surface area contributed by atoms with E-state index in [9.17, 15) is 4.79 Å². The molecule has 1 fully saturated rings. The minimum absolute atomic E-state index is 0.124. The van der Waals surface area contributed by atoms with Crippen LogP contribution in [0, 0.1) is 13.8 Å². The summed E-state index contributed by atoms with van der Waals surface area (Å²) in [6, 6.07) is 7.77. The van der Waals surface area contributed by atoms with E-state index in [1.807, 2.05) is 45.2 Å². The molecular formula is C20H19N5OS. The van der Waals surface area contributed by atoms with E-state index in [1.54, 1.807) is 16.0 Å². The molecule has 7 heteroatoms. The molecule has 1 N–H and O–H groups in total. The Bertz CT molecular complexity index is 1220. The maximum Gasteiger partial charge on any atom is 0.256 e. The lowest BCUT2D eigenvalue weighted by atomic mass is 10.1. The first-order valence-corrected chi connectivity index (χ1v) is 9.84. The number of nitrogens with zero attached hydrogens (tertiary/aromatic N) is 4. The lowest BCUT2D eigenvalue weighted by molar-refractivity contribution is 0.102. The molecule has 5 rings (SSSR count). The zero-order valence-corrected chi connectivity index (χ0v) is 16.2. The SMILES string of the molecule is Cc1nc2ccc(NC(=O)c3cc(C4CC4)nc4c3c(C)nn4C)cc2s1. The third-order valence-corrected chi connectivity index (χ3v) is 5.92. The van der Waals surface area contributed by atoms with Gasteiger partial charge in [0.15, 0.2) is 5.65 Å². The lowest BCUT2D eigenvalue weighted by Gasteiger charge is -2.09. The molecular weight excluding hydrogens is 358 g/mol. The number of benzene rings is 1. The number of thiazole rings is 1. The monoisotopic (exact) mass is 377 g/mol. The molecule has 6 nitrogen and oxygen atoms in total. The predicted octanol–water partition coefficient (Wildman–Crippen LogP) is 4.32. The summed E-state index contributed by atoms with van der Waals surface area (Å²) in [6.07, 6.45) is 2.27. The van der Waals surface area contributed by atoms with Crippen molar-refractivity contribution in [2.45, 2.75) is 32.6 Å². The number of nitrogens with one attached hydrogen (secondary N) is 1. The average Bonchev–Trinajstić information content (AvgIpc) is 3.36. The van der Waals surface area contributed by atoms with Gasteiger partial charge in [0.1, 0.15) is 0 Å². The van der Waals surface area contributed by atoms with Gasteiger partial charge in [-0.25, -0.2) is 9.97 Å². The number of hydrogen-bond donors (Lipinski definition) is 1. The zero-order valence-electron chi connectivity index (χ0n) is 15.4. The van der Waals surface area contributed by atoms with Crippen LogP contribution in [-0.2, 0) is 7.05 Å². The molecule has 0 radical (unpaired) electrons. The van der Waals surface area contributed by atoms with E-state index in [1.165, 1.54) is 0 Å². The molecule has 3 aromatic heterocycles. The number of carbonyl (C=O) groups is 1. The quantitative estimate of drug-likeness (QED) is 0.577. The van der Waals surface area contributed by atoms with Crippen molar-refractivity contribution in [1.82, 2.24) is 19.7 Å². The molecule has 4 aromatic rings. The fraction of sp³-hybridized carbons (Fsp3) is 0.300. The second-order valence-electron chi connectivity index (χ2n) is 7.15. The van der Waals surface area contributed by atoms with E-state index in [0.717, 1.165) is 56.2 Å². The van der Waals surface area contributed by atoms with Crippen LogP contribution in [-0.4, -0.2) is 25.7 Å². The second-order valence-corrected chi connectivity index (χ2v) is 8.38. The first-order chi connectivity index (χ1) is 13.0. The standard InChI is InChI=1S/C20H19N5OS/c1-10-18-14(9-16(12-4-5-12)23-19(18)25(3)24-10)20(26)22-13-6-7-15-17(8-13)27-11(2)21-15/h6-9,12H,4-5H2,1-3H3,(H,22,26). The lowest BCUT2D eigenvalue weighted by Crippen LogP contribution is -2.13. The van der Waals surface area contributed by atoms with Crippen molar-refractivity contribution in [3.63, 3.8) is 0 Å². The Morgan fingerprint density at radius 1 is 1.22 bits per heavy atom. The minimum Gasteiger partial charge on any atom is -0.322 e. The van der Waals surface area contributed by atoms with Gasteiger partial charge in [0.25, 0.3) is 5.91 Å². The number of aryl methyl sites for hydroxylation is 3. The maximum atomic E-state index is 13.1. The van der Waals surface area contributed by atoms with Gasteiger partial charge in [-0.2, -0.15) is 5.10 Å². The van der Waals surface area contributed by atoms with Crippen LogP contribution >= 0.6 is 11.3 Å². The van der Waals surface area contributed by atoms with Crippen LogP contribution in [0.5, 0.6) is 0 Å². The van der Waals surface area contributed by atoms with Crippen molar-refractivity contribution in [2.24, 2.45) is 7.05 Å². The highest BCUT2D eigenvalue weighted by atomic mass is 32.1. The molecule has 1 aliphatic rings. The number of hydrogen-bond acceptors (Lipinski definition) is 5. The van der Waals surface area contributed by atoms with Crippen LogP contribution in [0.1, 0.15) is 45.5 Å². The molecule has 27 heavy (non-hydrogen) atoms. The third kappa shape index (κ3) is 2.78. The van der Waals surface area contributed by atoms with Crippen molar-refractivity contribution in [3.8, 4) is 0 Å². The van der Waals surface area contributed by atoms with Crippen LogP contribution in [0.2, 0.25) is 0 Å². The molecule has 0 atom stereocenters. The zero-order chi connectivity index (χ0) is 18.7. The van der Waals surface area contributed by atoms with Crippen LogP contribution < -0.4 is 5.32 Å². The van der Waals surface area contributed by atoms with Gasteiger partial charge < -0.3 is 5.32 Å². The van der Waals surface area contributed by atoms with E-state index < -0.39 is 0 Å². The van der Waals surface area contributed by atoms with Gasteiger partial charge in [-0.1, -0.05) is 0 Å². The van der Waals surface area contributed by atoms with E-state index in [4.69, 9.17) is 4.98 Å². The highest BCUT2D eigenvalue weighted by molar-refractivity contribution is 7.18. The Morgan fingerprint density at radius 3 is 2.81 bits per heavy atom. The smallest absolute Gasteiger partial charge is 0.256 e. The Hall–Kier alpha value is -2.80. The van der Waals surface area contributed by atoms with Gasteiger partial charge in [-0.05, 0) is 51.0 Å². The van der Waals surface area contributed by atoms with Gasteiger partial charge in [-0.15, -0.1) is 11.3 Å². The summed E-state index contributed by atoms with van der Waals surface area (Å²) < 4.78 is 2.83. The number of fused-ring (bicyclic) bond motifs is 2. The largest absolute Gasteiger partial charge is 0.322 e. The van der Waals surface area contributed by atoms with E-state index >= 15 is 0 Å². The minimum atomic E-state index is -0.124. The number of aromatic nitrogens is 4. The summed E-state index contributed by atoms with van der Waals surface area (Å²) in [6.45, 7) is 3.91.